The SMILES string of the molecule is C[CH-]CCCCc1cccnc1. The average Bonchev–Trinajstić information content (AvgIpc) is 2.14. The van der Waals surface area contributed by atoms with Gasteiger partial charge in [-0.15, -0.1) is 0 Å². The van der Waals surface area contributed by atoms with E-state index in [1.165, 1.54) is 31.2 Å². The molecule has 0 saturated carbocycles. The Morgan fingerprint density at radius 1 is 1.42 bits per heavy atom. The Hall–Kier alpha value is -0.850. The second-order valence-electron chi connectivity index (χ2n) is 3.02. The molecule has 0 aliphatic carbocycles. The lowest BCUT2D eigenvalue weighted by Gasteiger charge is -2.03. The average molecular weight is 162 g/mol. The molecule has 0 atom stereocenters. The predicted molar refractivity (Wildman–Crippen MR) is 51.8 cm³/mol. The number of aromatic nitrogens is 1. The summed E-state index contributed by atoms with van der Waals surface area (Å²) in [6.07, 6.45) is 11.0. The van der Waals surface area contributed by atoms with Crippen LogP contribution in [0.3, 0.4) is 0 Å². The molecule has 1 heteroatoms. The molecule has 0 fully saturated rings. The first-order valence-electron chi connectivity index (χ1n) is 4.60. The van der Waals surface area contributed by atoms with Crippen molar-refractivity contribution in [3.8, 4) is 0 Å². The van der Waals surface area contributed by atoms with Crippen LogP contribution in [-0.4, -0.2) is 4.98 Å². The van der Waals surface area contributed by atoms with Gasteiger partial charge in [-0.2, -0.15) is 13.3 Å². The third-order valence-electron chi connectivity index (χ3n) is 1.93. The summed E-state index contributed by atoms with van der Waals surface area (Å²) < 4.78 is 0. The van der Waals surface area contributed by atoms with Crippen LogP contribution in [0.1, 0.15) is 31.7 Å². The minimum Gasteiger partial charge on any atom is -0.332 e. The Bertz CT molecular complexity index is 193. The summed E-state index contributed by atoms with van der Waals surface area (Å²) in [6, 6.07) is 4.14. The Morgan fingerprint density at radius 3 is 3.00 bits per heavy atom. The topological polar surface area (TPSA) is 12.9 Å². The van der Waals surface area contributed by atoms with Crippen molar-refractivity contribution >= 4 is 0 Å². The number of pyridine rings is 1. The normalized spacial score (nSPS) is 10.1. The highest BCUT2D eigenvalue weighted by Gasteiger charge is 1.89. The Kier molecular flexibility index (Phi) is 4.43. The predicted octanol–water partition coefficient (Wildman–Crippen LogP) is 3.02. The largest absolute Gasteiger partial charge is 0.332 e. The zero-order valence-corrected chi connectivity index (χ0v) is 7.66. The number of hydrogen-bond donors (Lipinski definition) is 0. The van der Waals surface area contributed by atoms with Gasteiger partial charge in [0.2, 0.25) is 0 Å². The van der Waals surface area contributed by atoms with Crippen LogP contribution in [0.2, 0.25) is 0 Å². The molecule has 0 aromatic carbocycles. The van der Waals surface area contributed by atoms with Gasteiger partial charge >= 0.3 is 0 Å². The van der Waals surface area contributed by atoms with E-state index in [9.17, 15) is 0 Å². The van der Waals surface area contributed by atoms with E-state index in [0.29, 0.717) is 0 Å². The van der Waals surface area contributed by atoms with E-state index in [0.717, 1.165) is 0 Å². The maximum Gasteiger partial charge on any atom is 0.0299 e. The van der Waals surface area contributed by atoms with Crippen LogP contribution in [0.15, 0.2) is 24.5 Å². The summed E-state index contributed by atoms with van der Waals surface area (Å²) in [5.74, 6) is 0. The van der Waals surface area contributed by atoms with E-state index in [1.807, 2.05) is 18.5 Å². The van der Waals surface area contributed by atoms with Gasteiger partial charge in [0.15, 0.2) is 0 Å². The fourth-order valence-corrected chi connectivity index (χ4v) is 1.22. The molecule has 0 aliphatic rings. The maximum atomic E-state index is 4.08. The molecule has 0 amide bonds. The highest BCUT2D eigenvalue weighted by atomic mass is 14.6. The van der Waals surface area contributed by atoms with Gasteiger partial charge in [-0.25, -0.2) is 0 Å². The van der Waals surface area contributed by atoms with Gasteiger partial charge in [0.1, 0.15) is 0 Å². The molecule has 0 aliphatic heterocycles. The van der Waals surface area contributed by atoms with Crippen LogP contribution in [0.25, 0.3) is 0 Å². The Morgan fingerprint density at radius 2 is 2.33 bits per heavy atom. The molecule has 1 heterocycles. The molecule has 0 saturated heterocycles. The van der Waals surface area contributed by atoms with Crippen LogP contribution in [0.5, 0.6) is 0 Å². The molecule has 0 bridgehead atoms. The number of rotatable bonds is 5. The molecule has 1 aromatic heterocycles. The molecule has 1 rings (SSSR count). The van der Waals surface area contributed by atoms with Crippen LogP contribution in [0, 0.1) is 6.42 Å². The van der Waals surface area contributed by atoms with Crippen molar-refractivity contribution in [1.82, 2.24) is 4.98 Å². The van der Waals surface area contributed by atoms with Gasteiger partial charge < -0.3 is 6.42 Å². The standard InChI is InChI=1S/C11H16N/c1-2-3-4-5-7-11-8-6-9-12-10-11/h2,6,8-10H,3-5,7H2,1H3/q-1. The number of aryl methyl sites for hydroxylation is 1. The van der Waals surface area contributed by atoms with Crippen molar-refractivity contribution in [2.45, 2.75) is 32.6 Å². The molecule has 66 valence electrons. The molecule has 0 spiro atoms. The van der Waals surface area contributed by atoms with Crippen molar-refractivity contribution in [3.05, 3.63) is 36.5 Å². The maximum absolute atomic E-state index is 4.08. The van der Waals surface area contributed by atoms with Gasteiger partial charge in [0.05, 0.1) is 0 Å². The number of hydrogen-bond acceptors (Lipinski definition) is 1. The smallest absolute Gasteiger partial charge is 0.0299 e. The Balaban J connectivity index is 2.16. The summed E-state index contributed by atoms with van der Waals surface area (Å²) >= 11 is 0. The summed E-state index contributed by atoms with van der Waals surface area (Å²) in [7, 11) is 0. The van der Waals surface area contributed by atoms with Gasteiger partial charge in [-0.1, -0.05) is 18.9 Å². The zero-order chi connectivity index (χ0) is 8.65. The lowest BCUT2D eigenvalue weighted by molar-refractivity contribution is 0.725. The van der Waals surface area contributed by atoms with Crippen LogP contribution < -0.4 is 0 Å². The van der Waals surface area contributed by atoms with Crippen LogP contribution in [-0.2, 0) is 6.42 Å². The van der Waals surface area contributed by atoms with Crippen LogP contribution in [0.4, 0.5) is 0 Å². The highest BCUT2D eigenvalue weighted by Crippen LogP contribution is 2.05. The minimum atomic E-state index is 1.17. The third kappa shape index (κ3) is 3.51. The summed E-state index contributed by atoms with van der Waals surface area (Å²) in [5, 5.41) is 0. The van der Waals surface area contributed by atoms with Gasteiger partial charge in [0, 0.05) is 12.4 Å². The van der Waals surface area contributed by atoms with Crippen molar-refractivity contribution in [2.75, 3.05) is 0 Å². The van der Waals surface area contributed by atoms with Crippen molar-refractivity contribution in [3.63, 3.8) is 0 Å². The highest BCUT2D eigenvalue weighted by molar-refractivity contribution is 5.08. The second-order valence-corrected chi connectivity index (χ2v) is 3.02. The first-order chi connectivity index (χ1) is 5.93. The number of unbranched alkanes of at least 4 members (excludes halogenated alkanes) is 3. The quantitative estimate of drug-likeness (QED) is 0.479. The lowest BCUT2D eigenvalue weighted by atomic mass is 10.1. The van der Waals surface area contributed by atoms with E-state index >= 15 is 0 Å². The molecule has 1 aromatic rings. The van der Waals surface area contributed by atoms with Gasteiger partial charge in [-0.05, 0) is 18.1 Å². The summed E-state index contributed by atoms with van der Waals surface area (Å²) in [4.78, 5) is 4.08. The van der Waals surface area contributed by atoms with Crippen molar-refractivity contribution in [2.24, 2.45) is 0 Å². The minimum absolute atomic E-state index is 1.17. The summed E-state index contributed by atoms with van der Waals surface area (Å²) in [6.45, 7) is 2.12. The summed E-state index contributed by atoms with van der Waals surface area (Å²) in [5.41, 5.74) is 1.36. The van der Waals surface area contributed by atoms with E-state index in [2.05, 4.69) is 24.4 Å². The molecule has 0 radical (unpaired) electrons. The first-order valence-corrected chi connectivity index (χ1v) is 4.60. The fraction of sp³-hybridized carbons (Fsp3) is 0.455. The zero-order valence-electron chi connectivity index (χ0n) is 7.66. The molecule has 0 N–H and O–H groups in total. The van der Waals surface area contributed by atoms with E-state index in [-0.39, 0.29) is 0 Å². The monoisotopic (exact) mass is 162 g/mol. The van der Waals surface area contributed by atoms with E-state index < -0.39 is 0 Å². The first kappa shape index (κ1) is 9.24. The molecule has 0 unspecified atom stereocenters. The van der Waals surface area contributed by atoms with E-state index in [1.54, 1.807) is 0 Å². The second kappa shape index (κ2) is 5.76. The number of nitrogens with zero attached hydrogens (tertiary/aromatic N) is 1. The van der Waals surface area contributed by atoms with Crippen molar-refractivity contribution in [1.29, 1.82) is 0 Å². The van der Waals surface area contributed by atoms with Gasteiger partial charge in [-0.3, -0.25) is 4.98 Å². The Labute approximate surface area is 74.8 Å². The van der Waals surface area contributed by atoms with Gasteiger partial charge in [0.25, 0.3) is 0 Å². The lowest BCUT2D eigenvalue weighted by Crippen LogP contribution is -1.86. The molecular formula is C11H16N-. The molecule has 12 heavy (non-hydrogen) atoms. The fourth-order valence-electron chi connectivity index (χ4n) is 1.22. The van der Waals surface area contributed by atoms with Crippen LogP contribution >= 0.6 is 0 Å². The van der Waals surface area contributed by atoms with Crippen molar-refractivity contribution < 1.29 is 0 Å². The third-order valence-corrected chi connectivity index (χ3v) is 1.93. The molecule has 1 nitrogen and oxygen atoms in total. The molecular weight excluding hydrogens is 146 g/mol. The van der Waals surface area contributed by atoms with E-state index in [4.69, 9.17) is 0 Å².